The summed E-state index contributed by atoms with van der Waals surface area (Å²) in [5, 5.41) is 0. The van der Waals surface area contributed by atoms with Crippen molar-refractivity contribution in [1.82, 2.24) is 0 Å². The van der Waals surface area contributed by atoms with Crippen molar-refractivity contribution in [3.63, 3.8) is 0 Å². The van der Waals surface area contributed by atoms with E-state index in [0.29, 0.717) is 25.9 Å². The second-order valence-corrected chi connectivity index (χ2v) is 6.38. The van der Waals surface area contributed by atoms with Crippen LogP contribution in [0.4, 0.5) is 0 Å². The predicted octanol–water partition coefficient (Wildman–Crippen LogP) is 3.87. The van der Waals surface area contributed by atoms with Gasteiger partial charge in [-0.2, -0.15) is 9.98 Å². The van der Waals surface area contributed by atoms with Gasteiger partial charge in [0.25, 0.3) is 0 Å². The van der Waals surface area contributed by atoms with E-state index in [1.54, 1.807) is 12.2 Å². The van der Waals surface area contributed by atoms with Gasteiger partial charge in [0.15, 0.2) is 5.66 Å². The SMILES string of the molecule is O=C=NC1(N=C=O)CC=CCC1.O=C=NCCCCCCCCCCN=C=O. The fourth-order valence-corrected chi connectivity index (χ4v) is 2.74. The predicted molar refractivity (Wildman–Crippen MR) is 105 cm³/mol. The van der Waals surface area contributed by atoms with Crippen LogP contribution < -0.4 is 0 Å². The summed E-state index contributed by atoms with van der Waals surface area (Å²) in [5.41, 5.74) is -0.905. The monoisotopic (exact) mass is 388 g/mol. The minimum Gasteiger partial charge on any atom is -0.211 e. The lowest BCUT2D eigenvalue weighted by Gasteiger charge is -2.22. The zero-order valence-corrected chi connectivity index (χ0v) is 16.3. The number of isocyanates is 4. The van der Waals surface area contributed by atoms with Crippen molar-refractivity contribution in [2.24, 2.45) is 20.0 Å². The first kappa shape index (κ1) is 25.3. The number of unbranched alkanes of at least 4 members (excludes halogenated alkanes) is 7. The van der Waals surface area contributed by atoms with Crippen LogP contribution in [0.3, 0.4) is 0 Å². The van der Waals surface area contributed by atoms with Gasteiger partial charge < -0.3 is 0 Å². The Hall–Kier alpha value is -2.74. The second kappa shape index (κ2) is 19.0. The molecule has 0 saturated carbocycles. The Morgan fingerprint density at radius 1 is 0.643 bits per heavy atom. The highest BCUT2D eigenvalue weighted by atomic mass is 16.1. The van der Waals surface area contributed by atoms with Crippen molar-refractivity contribution in [2.75, 3.05) is 13.1 Å². The molecule has 0 amide bonds. The Bertz CT molecular complexity index is 593. The summed E-state index contributed by atoms with van der Waals surface area (Å²) in [6.45, 7) is 1.24. The van der Waals surface area contributed by atoms with Gasteiger partial charge >= 0.3 is 0 Å². The summed E-state index contributed by atoms with van der Waals surface area (Å²) in [7, 11) is 0. The molecule has 0 radical (unpaired) electrons. The van der Waals surface area contributed by atoms with Crippen LogP contribution >= 0.6 is 0 Å². The highest BCUT2D eigenvalue weighted by Gasteiger charge is 2.28. The molecule has 1 aliphatic carbocycles. The molecule has 28 heavy (non-hydrogen) atoms. The highest BCUT2D eigenvalue weighted by Crippen LogP contribution is 2.28. The van der Waals surface area contributed by atoms with Crippen molar-refractivity contribution < 1.29 is 19.2 Å². The fourth-order valence-electron chi connectivity index (χ4n) is 2.74. The summed E-state index contributed by atoms with van der Waals surface area (Å²) in [6, 6.07) is 0. The van der Waals surface area contributed by atoms with Crippen LogP contribution in [0.15, 0.2) is 32.1 Å². The standard InChI is InChI=1S/C12H20N2O2.C8H8N2O2/c15-11-13-9-7-5-3-1-2-4-6-8-10-14-12-16;11-6-9-8(10-7-12)4-2-1-3-5-8/h1-10H2;1-2H,3-5H2. The van der Waals surface area contributed by atoms with Gasteiger partial charge in [-0.3, -0.25) is 0 Å². The van der Waals surface area contributed by atoms with Crippen molar-refractivity contribution >= 4 is 24.3 Å². The summed E-state index contributed by atoms with van der Waals surface area (Å²) >= 11 is 0. The Morgan fingerprint density at radius 3 is 1.46 bits per heavy atom. The Morgan fingerprint density at radius 2 is 1.11 bits per heavy atom. The van der Waals surface area contributed by atoms with Crippen LogP contribution in [0, 0.1) is 0 Å². The molecule has 8 heteroatoms. The molecule has 0 atom stereocenters. The van der Waals surface area contributed by atoms with E-state index in [-0.39, 0.29) is 0 Å². The molecule has 8 nitrogen and oxygen atoms in total. The summed E-state index contributed by atoms with van der Waals surface area (Å²) in [5.74, 6) is 0. The number of carbonyl (C=O) groups excluding carboxylic acids is 4. The molecule has 0 unspecified atom stereocenters. The molecular weight excluding hydrogens is 360 g/mol. The molecule has 0 spiro atoms. The van der Waals surface area contributed by atoms with Gasteiger partial charge in [0.05, 0.1) is 13.1 Å². The van der Waals surface area contributed by atoms with E-state index >= 15 is 0 Å². The molecule has 0 aliphatic heterocycles. The average Bonchev–Trinajstić information content (AvgIpc) is 2.70. The number of aliphatic imine (C=N–C) groups is 4. The Kier molecular flexibility index (Phi) is 17.2. The first-order valence-corrected chi connectivity index (χ1v) is 9.65. The van der Waals surface area contributed by atoms with Gasteiger partial charge in [-0.15, -0.1) is 0 Å². The van der Waals surface area contributed by atoms with E-state index < -0.39 is 5.66 Å². The minimum absolute atomic E-state index is 0.484. The first-order valence-electron chi connectivity index (χ1n) is 9.65. The van der Waals surface area contributed by atoms with E-state index in [2.05, 4.69) is 20.0 Å². The maximum Gasteiger partial charge on any atom is 0.237 e. The second-order valence-electron chi connectivity index (χ2n) is 6.38. The third-order valence-corrected chi connectivity index (χ3v) is 4.25. The molecule has 0 heterocycles. The van der Waals surface area contributed by atoms with E-state index in [4.69, 9.17) is 0 Å². The molecule has 152 valence electrons. The number of allylic oxidation sites excluding steroid dienone is 1. The molecule has 1 aliphatic rings. The third-order valence-electron chi connectivity index (χ3n) is 4.25. The van der Waals surface area contributed by atoms with E-state index in [9.17, 15) is 19.2 Å². The number of nitrogens with zero attached hydrogens (tertiary/aromatic N) is 4. The van der Waals surface area contributed by atoms with Gasteiger partial charge in [0, 0.05) is 6.42 Å². The first-order chi connectivity index (χ1) is 13.7. The Balaban J connectivity index is 0.000000540. The highest BCUT2D eigenvalue weighted by molar-refractivity contribution is 5.39. The zero-order chi connectivity index (χ0) is 20.8. The zero-order valence-electron chi connectivity index (χ0n) is 16.3. The van der Waals surface area contributed by atoms with Crippen LogP contribution in [0.25, 0.3) is 0 Å². The van der Waals surface area contributed by atoms with Gasteiger partial charge in [-0.1, -0.05) is 50.7 Å². The summed E-state index contributed by atoms with van der Waals surface area (Å²) < 4.78 is 0. The van der Waals surface area contributed by atoms with Crippen LogP contribution in [0.1, 0.15) is 70.6 Å². The van der Waals surface area contributed by atoms with E-state index in [1.807, 2.05) is 12.2 Å². The molecule has 0 aromatic carbocycles. The third kappa shape index (κ3) is 14.4. The lowest BCUT2D eigenvalue weighted by atomic mass is 9.96. The maximum atomic E-state index is 10.0. The molecule has 0 fully saturated rings. The normalized spacial score (nSPS) is 16.9. The van der Waals surface area contributed by atoms with Crippen LogP contribution in [-0.4, -0.2) is 43.1 Å². The largest absolute Gasteiger partial charge is 0.237 e. The van der Waals surface area contributed by atoms with Gasteiger partial charge in [-0.25, -0.2) is 29.2 Å². The van der Waals surface area contributed by atoms with Crippen molar-refractivity contribution in [2.45, 2.75) is 76.3 Å². The Labute approximate surface area is 165 Å². The molecule has 0 saturated heterocycles. The van der Waals surface area contributed by atoms with Gasteiger partial charge in [0.1, 0.15) is 0 Å². The van der Waals surface area contributed by atoms with E-state index in [0.717, 1.165) is 32.1 Å². The summed E-state index contributed by atoms with van der Waals surface area (Å²) in [6.07, 6.45) is 20.8. The number of rotatable bonds is 13. The van der Waals surface area contributed by atoms with Gasteiger partial charge in [-0.05, 0) is 25.7 Å². The van der Waals surface area contributed by atoms with Crippen LogP contribution in [0.2, 0.25) is 0 Å². The molecule has 0 bridgehead atoms. The van der Waals surface area contributed by atoms with E-state index in [1.165, 1.54) is 37.8 Å². The lowest BCUT2D eigenvalue weighted by Crippen LogP contribution is -2.24. The quantitative estimate of drug-likeness (QED) is 0.206. The fraction of sp³-hybridized carbons (Fsp3) is 0.700. The van der Waals surface area contributed by atoms with Crippen molar-refractivity contribution in [3.05, 3.63) is 12.2 Å². The molecule has 1 rings (SSSR count). The molecular formula is C20H28N4O4. The lowest BCUT2D eigenvalue weighted by molar-refractivity contribution is 0.402. The van der Waals surface area contributed by atoms with Gasteiger partial charge in [0.2, 0.25) is 24.3 Å². The number of hydrogen-bond donors (Lipinski definition) is 0. The minimum atomic E-state index is -0.905. The average molecular weight is 388 g/mol. The van der Waals surface area contributed by atoms with Crippen LogP contribution in [-0.2, 0) is 19.2 Å². The van der Waals surface area contributed by atoms with Crippen molar-refractivity contribution in [3.8, 4) is 0 Å². The topological polar surface area (TPSA) is 118 Å². The summed E-state index contributed by atoms with van der Waals surface area (Å²) in [4.78, 5) is 53.7. The molecule has 0 aromatic heterocycles. The van der Waals surface area contributed by atoms with Crippen molar-refractivity contribution in [1.29, 1.82) is 0 Å². The number of hydrogen-bond acceptors (Lipinski definition) is 8. The molecule has 0 N–H and O–H groups in total. The maximum absolute atomic E-state index is 10.0. The smallest absolute Gasteiger partial charge is 0.211 e. The van der Waals surface area contributed by atoms with Crippen LogP contribution in [0.5, 0.6) is 0 Å². The molecule has 0 aromatic rings.